The summed E-state index contributed by atoms with van der Waals surface area (Å²) in [5, 5.41) is 2.54. The van der Waals surface area contributed by atoms with Crippen LogP contribution in [0.1, 0.15) is 16.9 Å². The van der Waals surface area contributed by atoms with Gasteiger partial charge in [-0.05, 0) is 47.5 Å². The van der Waals surface area contributed by atoms with E-state index in [0.717, 1.165) is 17.7 Å². The van der Waals surface area contributed by atoms with Gasteiger partial charge in [0.05, 0.1) is 5.39 Å². The maximum absolute atomic E-state index is 14.0. The number of carbonyl (C=O) groups excluding carboxylic acids is 2. The topological polar surface area (TPSA) is 104 Å². The predicted molar refractivity (Wildman–Crippen MR) is 158 cm³/mol. The number of benzene rings is 4. The van der Waals surface area contributed by atoms with Crippen molar-refractivity contribution in [2.45, 2.75) is 25.2 Å². The largest absolute Gasteiger partial charge is 0.453 e. The molecule has 1 atom stereocenters. The zero-order chi connectivity index (χ0) is 32.0. The van der Waals surface area contributed by atoms with Crippen LogP contribution < -0.4 is 20.2 Å². The molecule has 0 saturated carbocycles. The lowest BCUT2D eigenvalue weighted by Gasteiger charge is -2.18. The molecule has 230 valence electrons. The summed E-state index contributed by atoms with van der Waals surface area (Å²) >= 11 is 5.82. The van der Waals surface area contributed by atoms with Crippen LogP contribution in [0.2, 0.25) is 5.02 Å². The van der Waals surface area contributed by atoms with Gasteiger partial charge in [0.2, 0.25) is 11.2 Å². The second kappa shape index (κ2) is 13.6. The van der Waals surface area contributed by atoms with Crippen molar-refractivity contribution in [3.05, 3.63) is 135 Å². The Morgan fingerprint density at radius 2 is 1.47 bits per heavy atom. The SMILES string of the molecule is O=C(N[C@@H](Cc1ccccc1)C(=O)Oc1ccc2c(=O)c(Oc3ccc(Cl)cc3)c(C(F)(F)F)oc2c1)OCc1ccccc1. The number of fused-ring (bicyclic) bond motifs is 1. The summed E-state index contributed by atoms with van der Waals surface area (Å²) in [5.41, 5.74) is -0.181. The lowest BCUT2D eigenvalue weighted by atomic mass is 10.1. The molecule has 45 heavy (non-hydrogen) atoms. The van der Waals surface area contributed by atoms with Crippen LogP contribution in [0.25, 0.3) is 11.0 Å². The van der Waals surface area contributed by atoms with Crippen molar-refractivity contribution in [2.24, 2.45) is 0 Å². The number of amides is 1. The van der Waals surface area contributed by atoms with Crippen molar-refractivity contribution in [3.8, 4) is 17.2 Å². The van der Waals surface area contributed by atoms with E-state index in [-0.39, 0.29) is 29.9 Å². The van der Waals surface area contributed by atoms with Crippen molar-refractivity contribution in [3.63, 3.8) is 0 Å². The predicted octanol–water partition coefficient (Wildman–Crippen LogP) is 7.70. The smallest absolute Gasteiger partial charge is 0.449 e. The first-order chi connectivity index (χ1) is 21.6. The Morgan fingerprint density at radius 1 is 0.844 bits per heavy atom. The van der Waals surface area contributed by atoms with Crippen LogP contribution >= 0.6 is 11.6 Å². The number of hydrogen-bond acceptors (Lipinski definition) is 7. The fourth-order valence-electron chi connectivity index (χ4n) is 4.26. The molecule has 12 heteroatoms. The number of ether oxygens (including phenoxy) is 3. The maximum Gasteiger partial charge on any atom is 0.453 e. The van der Waals surface area contributed by atoms with E-state index in [9.17, 15) is 27.6 Å². The van der Waals surface area contributed by atoms with Crippen LogP contribution in [0.5, 0.6) is 17.2 Å². The zero-order valence-corrected chi connectivity index (χ0v) is 23.9. The number of carbonyl (C=O) groups is 2. The fourth-order valence-corrected chi connectivity index (χ4v) is 4.38. The van der Waals surface area contributed by atoms with Gasteiger partial charge in [-0.15, -0.1) is 0 Å². The van der Waals surface area contributed by atoms with Gasteiger partial charge in [-0.2, -0.15) is 13.2 Å². The van der Waals surface area contributed by atoms with Crippen molar-refractivity contribution in [1.82, 2.24) is 5.32 Å². The summed E-state index contributed by atoms with van der Waals surface area (Å²) in [4.78, 5) is 38.9. The number of nitrogens with one attached hydrogen (secondary N) is 1. The standard InChI is InChI=1S/C33H23ClF3NO7/c34-22-11-13-23(14-12-22)43-29-28(39)25-16-15-24(18-27(25)45-30(29)33(35,36)37)44-31(40)26(17-20-7-3-1-4-8-20)38-32(41)42-19-21-9-5-2-6-10-21/h1-16,18,26H,17,19H2,(H,38,41)/t26-/m0/s1. The summed E-state index contributed by atoms with van der Waals surface area (Å²) in [5.74, 6) is -3.98. The monoisotopic (exact) mass is 637 g/mol. The van der Waals surface area contributed by atoms with Crippen LogP contribution in [0, 0.1) is 0 Å². The third kappa shape index (κ3) is 8.01. The van der Waals surface area contributed by atoms with Crippen LogP contribution in [-0.4, -0.2) is 18.1 Å². The summed E-state index contributed by atoms with van der Waals surface area (Å²) in [6, 6.07) is 25.1. The molecular weight excluding hydrogens is 615 g/mol. The molecule has 0 saturated heterocycles. The Balaban J connectivity index is 1.39. The van der Waals surface area contributed by atoms with E-state index in [4.69, 9.17) is 30.2 Å². The fraction of sp³-hybridized carbons (Fsp3) is 0.121. The quantitative estimate of drug-likeness (QED) is 0.130. The molecule has 1 heterocycles. The molecule has 8 nitrogen and oxygen atoms in total. The summed E-state index contributed by atoms with van der Waals surface area (Å²) in [7, 11) is 0. The highest BCUT2D eigenvalue weighted by Gasteiger charge is 2.40. The van der Waals surface area contributed by atoms with Gasteiger partial charge in [0, 0.05) is 17.5 Å². The summed E-state index contributed by atoms with van der Waals surface area (Å²) in [6.45, 7) is -0.0469. The van der Waals surface area contributed by atoms with Gasteiger partial charge in [-0.25, -0.2) is 9.59 Å². The van der Waals surface area contributed by atoms with Crippen LogP contribution in [0.15, 0.2) is 112 Å². The van der Waals surface area contributed by atoms with Gasteiger partial charge in [0.15, 0.2) is 0 Å². The molecule has 1 aromatic heterocycles. The minimum Gasteiger partial charge on any atom is -0.449 e. The van der Waals surface area contributed by atoms with E-state index >= 15 is 0 Å². The molecule has 5 aromatic rings. The highest BCUT2D eigenvalue weighted by molar-refractivity contribution is 6.30. The summed E-state index contributed by atoms with van der Waals surface area (Å²) < 4.78 is 62.9. The normalized spacial score (nSPS) is 11.9. The molecule has 0 fully saturated rings. The molecule has 0 radical (unpaired) electrons. The average Bonchev–Trinajstić information content (AvgIpc) is 3.02. The highest BCUT2D eigenvalue weighted by atomic mass is 35.5. The van der Waals surface area contributed by atoms with Crippen molar-refractivity contribution < 1.29 is 41.4 Å². The van der Waals surface area contributed by atoms with Gasteiger partial charge in [0.1, 0.15) is 29.7 Å². The van der Waals surface area contributed by atoms with E-state index in [2.05, 4.69) is 5.32 Å². The Morgan fingerprint density at radius 3 is 2.11 bits per heavy atom. The van der Waals surface area contributed by atoms with Crippen LogP contribution in [0.4, 0.5) is 18.0 Å². The zero-order valence-electron chi connectivity index (χ0n) is 23.2. The van der Waals surface area contributed by atoms with E-state index in [1.807, 2.05) is 6.07 Å². The molecule has 1 amide bonds. The number of alkyl carbamates (subject to hydrolysis) is 1. The van der Waals surface area contributed by atoms with E-state index in [0.29, 0.717) is 10.6 Å². The molecule has 0 bridgehead atoms. The second-order valence-corrected chi connectivity index (χ2v) is 10.1. The van der Waals surface area contributed by atoms with Gasteiger partial charge >= 0.3 is 18.2 Å². The first kappa shape index (κ1) is 31.1. The Labute approximate surface area is 258 Å². The van der Waals surface area contributed by atoms with Crippen molar-refractivity contribution in [2.75, 3.05) is 0 Å². The molecule has 4 aromatic carbocycles. The molecule has 0 aliphatic rings. The third-order valence-corrected chi connectivity index (χ3v) is 6.66. The maximum atomic E-state index is 14.0. The number of halogens is 4. The first-order valence-corrected chi connectivity index (χ1v) is 13.8. The van der Waals surface area contributed by atoms with Crippen molar-refractivity contribution in [1.29, 1.82) is 0 Å². The van der Waals surface area contributed by atoms with Gasteiger partial charge < -0.3 is 23.9 Å². The second-order valence-electron chi connectivity index (χ2n) is 9.67. The molecule has 0 unspecified atom stereocenters. The minimum absolute atomic E-state index is 0.0202. The molecule has 5 rings (SSSR count). The van der Waals surface area contributed by atoms with Gasteiger partial charge in [-0.3, -0.25) is 4.79 Å². The number of esters is 1. The molecule has 0 aliphatic carbocycles. The third-order valence-electron chi connectivity index (χ3n) is 6.40. The first-order valence-electron chi connectivity index (χ1n) is 13.4. The lowest BCUT2D eigenvalue weighted by Crippen LogP contribution is -2.44. The Bertz CT molecular complexity index is 1860. The molecule has 0 aliphatic heterocycles. The van der Waals surface area contributed by atoms with Crippen molar-refractivity contribution >= 4 is 34.6 Å². The number of alkyl halides is 3. The Kier molecular flexibility index (Phi) is 9.39. The van der Waals surface area contributed by atoms with E-state index in [1.54, 1.807) is 54.6 Å². The Hall–Kier alpha value is -5.29. The van der Waals surface area contributed by atoms with Gasteiger partial charge in [0.25, 0.3) is 5.76 Å². The number of rotatable bonds is 9. The minimum atomic E-state index is -5.10. The van der Waals surface area contributed by atoms with E-state index < -0.39 is 46.8 Å². The molecule has 0 spiro atoms. The van der Waals surface area contributed by atoms with E-state index in [1.165, 1.54) is 30.3 Å². The lowest BCUT2D eigenvalue weighted by molar-refractivity contribution is -0.154. The molecular formula is C33H23ClF3NO7. The number of hydrogen-bond donors (Lipinski definition) is 1. The highest BCUT2D eigenvalue weighted by Crippen LogP contribution is 2.38. The van der Waals surface area contributed by atoms with Crippen LogP contribution in [0.3, 0.4) is 0 Å². The van der Waals surface area contributed by atoms with Gasteiger partial charge in [-0.1, -0.05) is 72.3 Å². The summed E-state index contributed by atoms with van der Waals surface area (Å²) in [6.07, 6.45) is -5.97. The van der Waals surface area contributed by atoms with Crippen LogP contribution in [-0.2, 0) is 28.7 Å². The molecule has 1 N–H and O–H groups in total. The average molecular weight is 638 g/mol.